The van der Waals surface area contributed by atoms with Crippen LogP contribution in [0, 0.1) is 0 Å². The maximum atomic E-state index is 6.08. The van der Waals surface area contributed by atoms with Gasteiger partial charge in [-0.1, -0.05) is 29.3 Å². The summed E-state index contributed by atoms with van der Waals surface area (Å²) in [6.45, 7) is 1.99. The van der Waals surface area contributed by atoms with E-state index >= 15 is 0 Å². The van der Waals surface area contributed by atoms with E-state index in [-0.39, 0.29) is 11.3 Å². The van der Waals surface area contributed by atoms with Crippen LogP contribution in [0.1, 0.15) is 17.7 Å². The molecule has 0 radical (unpaired) electrons. The van der Waals surface area contributed by atoms with Gasteiger partial charge in [0.1, 0.15) is 0 Å². The quantitative estimate of drug-likeness (QED) is 0.840. The van der Waals surface area contributed by atoms with E-state index in [1.54, 1.807) is 24.0 Å². The van der Waals surface area contributed by atoms with Gasteiger partial charge in [0, 0.05) is 23.3 Å². The molecular weight excluding hydrogens is 299 g/mol. The third kappa shape index (κ3) is 3.86. The van der Waals surface area contributed by atoms with Crippen LogP contribution >= 0.6 is 35.0 Å². The average Bonchev–Trinajstić information content (AvgIpc) is 2.40. The first-order chi connectivity index (χ1) is 9.08. The number of rotatable bonds is 4. The van der Waals surface area contributed by atoms with E-state index in [0.29, 0.717) is 10.0 Å². The number of hydrogen-bond donors (Lipinski definition) is 1. The molecule has 2 rings (SSSR count). The topological polar surface area (TPSA) is 38.9 Å². The van der Waals surface area contributed by atoms with Crippen molar-refractivity contribution in [2.45, 2.75) is 23.1 Å². The van der Waals surface area contributed by atoms with Gasteiger partial charge in [0.15, 0.2) is 0 Å². The van der Waals surface area contributed by atoms with Gasteiger partial charge in [-0.2, -0.15) is 0 Å². The lowest BCUT2D eigenvalue weighted by atomic mass is 10.1. The van der Waals surface area contributed by atoms with Gasteiger partial charge in [-0.15, -0.1) is 11.8 Å². The largest absolute Gasteiger partial charge is 0.327 e. The highest BCUT2D eigenvalue weighted by molar-refractivity contribution is 7.99. The molecule has 1 heterocycles. The smallest absolute Gasteiger partial charge is 0.0603 e. The fraction of sp³-hybridized carbons (Fsp3) is 0.214. The first-order valence-corrected chi connectivity index (χ1v) is 7.48. The van der Waals surface area contributed by atoms with Crippen LogP contribution in [0.2, 0.25) is 10.0 Å². The highest BCUT2D eigenvalue weighted by atomic mass is 35.5. The van der Waals surface area contributed by atoms with Crippen molar-refractivity contribution in [1.82, 2.24) is 4.98 Å². The Morgan fingerprint density at radius 3 is 2.58 bits per heavy atom. The summed E-state index contributed by atoms with van der Waals surface area (Å²) in [5.74, 6) is 0. The Labute approximate surface area is 127 Å². The zero-order valence-electron chi connectivity index (χ0n) is 10.4. The molecule has 2 aromatic rings. The lowest BCUT2D eigenvalue weighted by Crippen LogP contribution is -2.22. The van der Waals surface area contributed by atoms with E-state index in [4.69, 9.17) is 28.9 Å². The molecule has 5 heteroatoms. The molecule has 0 bridgehead atoms. The molecule has 0 aliphatic rings. The Balaban J connectivity index is 2.24. The molecule has 0 amide bonds. The van der Waals surface area contributed by atoms with Crippen LogP contribution in [-0.2, 0) is 0 Å². The van der Waals surface area contributed by atoms with Gasteiger partial charge < -0.3 is 5.73 Å². The predicted octanol–water partition coefficient (Wildman–Crippen LogP) is 4.57. The van der Waals surface area contributed by atoms with Crippen LogP contribution in [-0.4, -0.2) is 11.0 Å². The fourth-order valence-corrected chi connectivity index (χ4v) is 3.20. The van der Waals surface area contributed by atoms with E-state index in [1.165, 1.54) is 0 Å². The summed E-state index contributed by atoms with van der Waals surface area (Å²) >= 11 is 13.6. The van der Waals surface area contributed by atoms with Crippen molar-refractivity contribution in [1.29, 1.82) is 0 Å². The summed E-state index contributed by atoms with van der Waals surface area (Å²) in [6, 6.07) is 9.56. The van der Waals surface area contributed by atoms with E-state index in [0.717, 1.165) is 10.5 Å². The summed E-state index contributed by atoms with van der Waals surface area (Å²) in [6.07, 6.45) is 3.60. The molecule has 0 saturated heterocycles. The summed E-state index contributed by atoms with van der Waals surface area (Å²) < 4.78 is 0. The third-order valence-electron chi connectivity index (χ3n) is 2.64. The first-order valence-electron chi connectivity index (χ1n) is 5.85. The number of aromatic nitrogens is 1. The Bertz CT molecular complexity index is 546. The molecule has 0 aliphatic carbocycles. The van der Waals surface area contributed by atoms with Crippen molar-refractivity contribution >= 4 is 35.0 Å². The summed E-state index contributed by atoms with van der Waals surface area (Å²) in [5.41, 5.74) is 7.18. The first kappa shape index (κ1) is 14.7. The van der Waals surface area contributed by atoms with Gasteiger partial charge in [-0.25, -0.2) is 0 Å². The van der Waals surface area contributed by atoms with E-state index in [9.17, 15) is 0 Å². The maximum Gasteiger partial charge on any atom is 0.0603 e. The molecule has 1 aromatic heterocycles. The predicted molar refractivity (Wildman–Crippen MR) is 82.9 cm³/mol. The van der Waals surface area contributed by atoms with Gasteiger partial charge >= 0.3 is 0 Å². The van der Waals surface area contributed by atoms with Crippen LogP contribution in [0.15, 0.2) is 47.6 Å². The monoisotopic (exact) mass is 312 g/mol. The summed E-state index contributed by atoms with van der Waals surface area (Å²) in [7, 11) is 0. The normalized spacial score (nSPS) is 14.1. The fourth-order valence-electron chi connectivity index (χ4n) is 1.72. The molecule has 0 saturated carbocycles. The number of halogens is 2. The van der Waals surface area contributed by atoms with E-state index in [2.05, 4.69) is 4.98 Å². The highest BCUT2D eigenvalue weighted by Gasteiger charge is 2.18. The van der Waals surface area contributed by atoms with Crippen LogP contribution in [0.4, 0.5) is 0 Å². The number of thioether (sulfide) groups is 1. The molecule has 100 valence electrons. The minimum Gasteiger partial charge on any atom is -0.327 e. The molecule has 0 fully saturated rings. The molecular formula is C14H14Cl2N2S. The maximum absolute atomic E-state index is 6.08. The number of nitrogens with two attached hydrogens (primary N) is 1. The van der Waals surface area contributed by atoms with Crippen LogP contribution in [0.3, 0.4) is 0 Å². The summed E-state index contributed by atoms with van der Waals surface area (Å²) in [5, 5.41) is 1.25. The minimum absolute atomic E-state index is 0.00338. The lowest BCUT2D eigenvalue weighted by molar-refractivity contribution is 0.719. The van der Waals surface area contributed by atoms with Gasteiger partial charge in [-0.05, 0) is 36.8 Å². The zero-order valence-corrected chi connectivity index (χ0v) is 12.7. The second-order valence-corrected chi connectivity index (χ2v) is 6.29. The number of benzene rings is 1. The number of hydrogen-bond acceptors (Lipinski definition) is 3. The number of pyridine rings is 1. The molecule has 2 nitrogen and oxygen atoms in total. The number of nitrogens with zero attached hydrogens (tertiary/aromatic N) is 1. The van der Waals surface area contributed by atoms with Gasteiger partial charge in [0.2, 0.25) is 0 Å². The van der Waals surface area contributed by atoms with Crippen molar-refractivity contribution in [3.05, 3.63) is 58.3 Å². The lowest BCUT2D eigenvalue weighted by Gasteiger charge is -2.20. The molecule has 1 aromatic carbocycles. The Hall–Kier alpha value is -0.740. The van der Waals surface area contributed by atoms with Crippen LogP contribution in [0.25, 0.3) is 0 Å². The van der Waals surface area contributed by atoms with Crippen molar-refractivity contribution < 1.29 is 0 Å². The Morgan fingerprint density at radius 1 is 1.21 bits per heavy atom. The van der Waals surface area contributed by atoms with Gasteiger partial charge in [0.25, 0.3) is 0 Å². The van der Waals surface area contributed by atoms with Gasteiger partial charge in [-0.3, -0.25) is 4.98 Å². The zero-order chi connectivity index (χ0) is 13.8. The molecule has 2 N–H and O–H groups in total. The van der Waals surface area contributed by atoms with E-state index in [1.807, 2.05) is 37.4 Å². The molecule has 19 heavy (non-hydrogen) atoms. The second-order valence-electron chi connectivity index (χ2n) is 4.26. The van der Waals surface area contributed by atoms with Crippen LogP contribution in [0.5, 0.6) is 0 Å². The second kappa shape index (κ2) is 6.62. The average molecular weight is 313 g/mol. The Kier molecular flexibility index (Phi) is 5.11. The minimum atomic E-state index is 0.00338. The molecule has 0 spiro atoms. The molecule has 2 unspecified atom stereocenters. The van der Waals surface area contributed by atoms with Crippen molar-refractivity contribution in [2.75, 3.05) is 0 Å². The highest BCUT2D eigenvalue weighted by Crippen LogP contribution is 2.38. The van der Waals surface area contributed by atoms with Crippen molar-refractivity contribution in [2.24, 2.45) is 5.73 Å². The van der Waals surface area contributed by atoms with E-state index < -0.39 is 0 Å². The Morgan fingerprint density at radius 2 is 2.00 bits per heavy atom. The third-order valence-corrected chi connectivity index (χ3v) is 4.87. The summed E-state index contributed by atoms with van der Waals surface area (Å²) in [4.78, 5) is 5.19. The molecule has 2 atom stereocenters. The van der Waals surface area contributed by atoms with Gasteiger partial charge in [0.05, 0.1) is 15.3 Å². The SMILES string of the molecule is CC(N)C(Sc1ccc(Cl)c(Cl)c1)c1cccnc1. The van der Waals surface area contributed by atoms with Crippen molar-refractivity contribution in [3.8, 4) is 0 Å². The van der Waals surface area contributed by atoms with Crippen molar-refractivity contribution in [3.63, 3.8) is 0 Å². The standard InChI is InChI=1S/C14H14Cl2N2S/c1-9(17)14(10-3-2-6-18-8-10)19-11-4-5-12(15)13(16)7-11/h2-9,14H,17H2,1H3. The van der Waals surface area contributed by atoms with Crippen LogP contribution < -0.4 is 5.73 Å². The molecule has 0 aliphatic heterocycles.